The lowest BCUT2D eigenvalue weighted by atomic mass is 10.0. The van der Waals surface area contributed by atoms with Gasteiger partial charge in [-0.2, -0.15) is 0 Å². The van der Waals surface area contributed by atoms with E-state index in [0.717, 1.165) is 70.8 Å². The van der Waals surface area contributed by atoms with Gasteiger partial charge in [-0.15, -0.1) is 0 Å². The number of nitrogens with one attached hydrogen (secondary N) is 2. The fourth-order valence-electron chi connectivity index (χ4n) is 5.09. The van der Waals surface area contributed by atoms with Gasteiger partial charge in [0, 0.05) is 74.3 Å². The maximum Gasteiger partial charge on any atom is 0.253 e. The quantitative estimate of drug-likeness (QED) is 0.608. The lowest BCUT2D eigenvalue weighted by molar-refractivity contribution is 0.0643. The normalized spacial score (nSPS) is 18.2. The summed E-state index contributed by atoms with van der Waals surface area (Å²) in [6, 6.07) is 19.5. The van der Waals surface area contributed by atoms with Crippen LogP contribution in [-0.4, -0.2) is 72.5 Å². The molecule has 2 aliphatic rings. The summed E-state index contributed by atoms with van der Waals surface area (Å²) in [5.41, 5.74) is 4.47. The number of anilines is 1. The molecule has 3 heterocycles. The molecule has 6 nitrogen and oxygen atoms in total. The molecule has 2 N–H and O–H groups in total. The van der Waals surface area contributed by atoms with E-state index in [1.54, 1.807) is 0 Å². The number of rotatable bonds is 6. The first-order valence-corrected chi connectivity index (χ1v) is 12.4. The molecular weight excluding hydrogens is 410 g/mol. The van der Waals surface area contributed by atoms with E-state index < -0.39 is 0 Å². The maximum absolute atomic E-state index is 12.9. The van der Waals surface area contributed by atoms with Crippen LogP contribution < -0.4 is 10.2 Å². The highest BCUT2D eigenvalue weighted by molar-refractivity contribution is 5.94. The molecule has 2 aromatic carbocycles. The van der Waals surface area contributed by atoms with Crippen molar-refractivity contribution in [3.05, 3.63) is 65.9 Å². The minimum Gasteiger partial charge on any atom is -0.371 e. The second-order valence-corrected chi connectivity index (χ2v) is 9.30. The van der Waals surface area contributed by atoms with Crippen molar-refractivity contribution >= 4 is 22.5 Å². The largest absolute Gasteiger partial charge is 0.371 e. The summed E-state index contributed by atoms with van der Waals surface area (Å²) < 4.78 is 0. The number of para-hydroxylation sites is 1. The van der Waals surface area contributed by atoms with Crippen molar-refractivity contribution in [2.45, 2.75) is 32.4 Å². The minimum absolute atomic E-state index is 0.164. The molecule has 0 saturated carbocycles. The van der Waals surface area contributed by atoms with E-state index in [1.165, 1.54) is 22.3 Å². The summed E-state index contributed by atoms with van der Waals surface area (Å²) in [6.45, 7) is 9.80. The van der Waals surface area contributed by atoms with Gasteiger partial charge in [-0.25, -0.2) is 0 Å². The molecule has 2 aliphatic heterocycles. The highest BCUT2D eigenvalue weighted by atomic mass is 16.2. The van der Waals surface area contributed by atoms with Gasteiger partial charge in [0.15, 0.2) is 0 Å². The van der Waals surface area contributed by atoms with Gasteiger partial charge in [0.2, 0.25) is 0 Å². The number of likely N-dealkylation sites (N-methyl/N-ethyl adjacent to an activating group) is 1. The third kappa shape index (κ3) is 5.07. The Bertz CT molecular complexity index is 1030. The number of carbonyl (C=O) groups is 1. The molecule has 6 heteroatoms. The number of aromatic amines is 1. The van der Waals surface area contributed by atoms with Crippen LogP contribution in [0.1, 0.15) is 35.8 Å². The standard InChI is InChI=1S/C27H35N5O/c1-2-30-15-17-32(18-16-30)27(33)21-7-9-25(10-8-21)31-13-11-23(12-14-31)28-20-24-19-22-5-3-4-6-26(22)29-24/h3-10,19,23,28-29H,2,11-18,20H2,1H3. The van der Waals surface area contributed by atoms with E-state index in [1.807, 2.05) is 17.0 Å². The zero-order chi connectivity index (χ0) is 22.6. The molecule has 174 valence electrons. The molecule has 1 amide bonds. The van der Waals surface area contributed by atoms with Gasteiger partial charge >= 0.3 is 0 Å². The maximum atomic E-state index is 12.9. The molecule has 0 radical (unpaired) electrons. The second kappa shape index (κ2) is 9.98. The molecule has 0 bridgehead atoms. The number of hydrogen-bond acceptors (Lipinski definition) is 4. The van der Waals surface area contributed by atoms with E-state index in [2.05, 4.69) is 69.5 Å². The predicted octanol–water partition coefficient (Wildman–Crippen LogP) is 3.70. The highest BCUT2D eigenvalue weighted by Gasteiger charge is 2.22. The van der Waals surface area contributed by atoms with Gasteiger partial charge in [-0.05, 0) is 61.2 Å². The molecular formula is C27H35N5O. The molecule has 0 spiro atoms. The van der Waals surface area contributed by atoms with Crippen molar-refractivity contribution in [2.75, 3.05) is 50.7 Å². The lowest BCUT2D eigenvalue weighted by Crippen LogP contribution is -2.48. The van der Waals surface area contributed by atoms with Crippen LogP contribution in [0.4, 0.5) is 5.69 Å². The van der Waals surface area contributed by atoms with Crippen LogP contribution in [0.25, 0.3) is 10.9 Å². The zero-order valence-corrected chi connectivity index (χ0v) is 19.6. The number of piperazine rings is 1. The molecule has 0 unspecified atom stereocenters. The first-order chi connectivity index (χ1) is 16.2. The first kappa shape index (κ1) is 22.0. The number of aromatic nitrogens is 1. The first-order valence-electron chi connectivity index (χ1n) is 12.4. The Morgan fingerprint density at radius 3 is 2.39 bits per heavy atom. The lowest BCUT2D eigenvalue weighted by Gasteiger charge is -2.35. The van der Waals surface area contributed by atoms with Gasteiger partial charge in [-0.3, -0.25) is 4.79 Å². The molecule has 0 aliphatic carbocycles. The van der Waals surface area contributed by atoms with E-state index in [9.17, 15) is 4.79 Å². The van der Waals surface area contributed by atoms with Gasteiger partial charge < -0.3 is 25.0 Å². The van der Waals surface area contributed by atoms with Crippen LogP contribution in [0.2, 0.25) is 0 Å². The van der Waals surface area contributed by atoms with E-state index >= 15 is 0 Å². The van der Waals surface area contributed by atoms with E-state index in [4.69, 9.17) is 0 Å². The fourth-order valence-corrected chi connectivity index (χ4v) is 5.09. The van der Waals surface area contributed by atoms with Gasteiger partial charge in [-0.1, -0.05) is 25.1 Å². The molecule has 2 fully saturated rings. The zero-order valence-electron chi connectivity index (χ0n) is 19.6. The van der Waals surface area contributed by atoms with Crippen molar-refractivity contribution < 1.29 is 4.79 Å². The third-order valence-electron chi connectivity index (χ3n) is 7.25. The Kier molecular flexibility index (Phi) is 6.65. The number of hydrogen-bond donors (Lipinski definition) is 2. The Balaban J connectivity index is 1.10. The van der Waals surface area contributed by atoms with Crippen LogP contribution >= 0.6 is 0 Å². The Labute approximate surface area is 196 Å². The number of carbonyl (C=O) groups excluding carboxylic acids is 1. The average Bonchev–Trinajstić information content (AvgIpc) is 3.31. The smallest absolute Gasteiger partial charge is 0.253 e. The molecule has 2 saturated heterocycles. The van der Waals surface area contributed by atoms with Crippen LogP contribution in [0.3, 0.4) is 0 Å². The summed E-state index contributed by atoms with van der Waals surface area (Å²) >= 11 is 0. The van der Waals surface area contributed by atoms with Crippen LogP contribution in [0, 0.1) is 0 Å². The Hall–Kier alpha value is -2.83. The van der Waals surface area contributed by atoms with Gasteiger partial charge in [0.05, 0.1) is 0 Å². The number of fused-ring (bicyclic) bond motifs is 1. The number of amides is 1. The van der Waals surface area contributed by atoms with E-state index in [0.29, 0.717) is 6.04 Å². The third-order valence-corrected chi connectivity index (χ3v) is 7.25. The molecule has 1 aromatic heterocycles. The summed E-state index contributed by atoms with van der Waals surface area (Å²) in [6.07, 6.45) is 2.26. The summed E-state index contributed by atoms with van der Waals surface area (Å²) in [7, 11) is 0. The van der Waals surface area contributed by atoms with Crippen molar-refractivity contribution in [2.24, 2.45) is 0 Å². The molecule has 0 atom stereocenters. The fraction of sp³-hybridized carbons (Fsp3) is 0.444. The number of H-pyrrole nitrogens is 1. The number of nitrogens with zero attached hydrogens (tertiary/aromatic N) is 3. The van der Waals surface area contributed by atoms with Crippen molar-refractivity contribution in [3.63, 3.8) is 0 Å². The number of benzene rings is 2. The van der Waals surface area contributed by atoms with Crippen molar-refractivity contribution in [1.82, 2.24) is 20.1 Å². The van der Waals surface area contributed by atoms with Crippen LogP contribution in [0.15, 0.2) is 54.6 Å². The topological polar surface area (TPSA) is 54.6 Å². The van der Waals surface area contributed by atoms with Gasteiger partial charge in [0.1, 0.15) is 0 Å². The second-order valence-electron chi connectivity index (χ2n) is 9.30. The minimum atomic E-state index is 0.164. The molecule has 3 aromatic rings. The summed E-state index contributed by atoms with van der Waals surface area (Å²) in [5, 5.41) is 5.00. The van der Waals surface area contributed by atoms with Crippen molar-refractivity contribution in [1.29, 1.82) is 0 Å². The van der Waals surface area contributed by atoms with E-state index in [-0.39, 0.29) is 5.91 Å². The number of piperidine rings is 1. The summed E-state index contributed by atoms with van der Waals surface area (Å²) in [5.74, 6) is 0.164. The summed E-state index contributed by atoms with van der Waals surface area (Å²) in [4.78, 5) is 23.2. The van der Waals surface area contributed by atoms with Crippen LogP contribution in [0.5, 0.6) is 0 Å². The van der Waals surface area contributed by atoms with Crippen LogP contribution in [-0.2, 0) is 6.54 Å². The van der Waals surface area contributed by atoms with Crippen molar-refractivity contribution in [3.8, 4) is 0 Å². The van der Waals surface area contributed by atoms with Gasteiger partial charge in [0.25, 0.3) is 5.91 Å². The molecule has 33 heavy (non-hydrogen) atoms. The highest BCUT2D eigenvalue weighted by Crippen LogP contribution is 2.22. The molecule has 5 rings (SSSR count). The monoisotopic (exact) mass is 445 g/mol. The Morgan fingerprint density at radius 2 is 1.70 bits per heavy atom. The SMILES string of the molecule is CCN1CCN(C(=O)c2ccc(N3CCC(NCc4cc5ccccc5[nH]4)CC3)cc2)CC1. The predicted molar refractivity (Wildman–Crippen MR) is 135 cm³/mol. The average molecular weight is 446 g/mol. The Morgan fingerprint density at radius 1 is 0.970 bits per heavy atom.